The van der Waals surface area contributed by atoms with Crippen LogP contribution >= 0.6 is 0 Å². The van der Waals surface area contributed by atoms with Gasteiger partial charge in [-0.3, -0.25) is 0 Å². The molecule has 6 aromatic carbocycles. The van der Waals surface area contributed by atoms with Gasteiger partial charge in [0, 0.05) is 27.3 Å². The van der Waals surface area contributed by atoms with E-state index >= 15 is 0 Å². The number of aromatic nitrogens is 2. The molecule has 8 rings (SSSR count). The third-order valence-electron chi connectivity index (χ3n) is 8.06. The van der Waals surface area contributed by atoms with E-state index in [1.54, 1.807) is 0 Å². The van der Waals surface area contributed by atoms with Gasteiger partial charge in [0.2, 0.25) is 0 Å². The topological polar surface area (TPSA) is 25.8 Å². The highest BCUT2D eigenvalue weighted by Crippen LogP contribution is 2.40. The molecule has 0 amide bonds. The average molecular weight is 535 g/mol. The van der Waals surface area contributed by atoms with Gasteiger partial charge in [-0.1, -0.05) is 133 Å². The van der Waals surface area contributed by atoms with E-state index in [9.17, 15) is 0 Å². The number of hydrogen-bond acceptors (Lipinski definition) is 2. The minimum absolute atomic E-state index is 0.969. The van der Waals surface area contributed by atoms with Crippen LogP contribution in [0.5, 0.6) is 0 Å². The van der Waals surface area contributed by atoms with Crippen molar-refractivity contribution in [2.75, 3.05) is 0 Å². The van der Waals surface area contributed by atoms with Crippen molar-refractivity contribution in [3.8, 4) is 44.8 Å². The van der Waals surface area contributed by atoms with E-state index in [1.807, 2.05) is 18.2 Å². The maximum Gasteiger partial charge on any atom is 0.0794 e. The molecule has 2 aromatic heterocycles. The van der Waals surface area contributed by atoms with E-state index < -0.39 is 0 Å². The zero-order valence-electron chi connectivity index (χ0n) is 22.9. The first kappa shape index (κ1) is 24.2. The van der Waals surface area contributed by atoms with Gasteiger partial charge in [0.05, 0.1) is 22.4 Å². The molecule has 196 valence electrons. The van der Waals surface area contributed by atoms with Crippen LogP contribution in [0.15, 0.2) is 158 Å². The summed E-state index contributed by atoms with van der Waals surface area (Å²) in [5, 5.41) is 4.65. The summed E-state index contributed by atoms with van der Waals surface area (Å²) >= 11 is 0. The summed E-state index contributed by atoms with van der Waals surface area (Å²) in [5.74, 6) is 0. The molecule has 2 heteroatoms. The van der Waals surface area contributed by atoms with Gasteiger partial charge >= 0.3 is 0 Å². The van der Waals surface area contributed by atoms with E-state index in [4.69, 9.17) is 9.97 Å². The van der Waals surface area contributed by atoms with Crippen LogP contribution in [0, 0.1) is 0 Å². The van der Waals surface area contributed by atoms with Crippen LogP contribution in [-0.2, 0) is 0 Å². The van der Waals surface area contributed by atoms with Gasteiger partial charge in [0.25, 0.3) is 0 Å². The van der Waals surface area contributed by atoms with Crippen molar-refractivity contribution >= 4 is 32.6 Å². The largest absolute Gasteiger partial charge is 0.248 e. The van der Waals surface area contributed by atoms with Gasteiger partial charge in [-0.2, -0.15) is 0 Å². The molecule has 0 bridgehead atoms. The summed E-state index contributed by atoms with van der Waals surface area (Å²) in [6, 6.07) is 55.6. The molecule has 0 radical (unpaired) electrons. The van der Waals surface area contributed by atoms with E-state index in [0.717, 1.165) is 55.3 Å². The molecule has 0 saturated carbocycles. The van der Waals surface area contributed by atoms with Gasteiger partial charge in [0.15, 0.2) is 0 Å². The highest BCUT2D eigenvalue weighted by atomic mass is 14.7. The van der Waals surface area contributed by atoms with Gasteiger partial charge < -0.3 is 0 Å². The molecule has 0 spiro atoms. The molecule has 8 aromatic rings. The molecule has 2 nitrogen and oxygen atoms in total. The van der Waals surface area contributed by atoms with E-state index in [2.05, 4.69) is 140 Å². The van der Waals surface area contributed by atoms with Crippen LogP contribution in [0.1, 0.15) is 0 Å². The Morgan fingerprint density at radius 2 is 0.905 bits per heavy atom. The van der Waals surface area contributed by atoms with Crippen molar-refractivity contribution in [2.24, 2.45) is 0 Å². The fourth-order valence-corrected chi connectivity index (χ4v) is 5.95. The Bertz CT molecular complexity index is 2220. The Kier molecular flexibility index (Phi) is 5.82. The third-order valence-corrected chi connectivity index (χ3v) is 8.06. The Morgan fingerprint density at radius 3 is 1.69 bits per heavy atom. The summed E-state index contributed by atoms with van der Waals surface area (Å²) in [4.78, 5) is 10.2. The molecule has 2 heterocycles. The number of para-hydroxylation sites is 1. The molecule has 0 aliphatic carbocycles. The summed E-state index contributed by atoms with van der Waals surface area (Å²) in [5.41, 5.74) is 10.9. The lowest BCUT2D eigenvalue weighted by molar-refractivity contribution is 1.39. The second-order valence-corrected chi connectivity index (χ2v) is 10.6. The molecule has 0 aliphatic rings. The Labute approximate surface area is 244 Å². The molecule has 0 saturated heterocycles. The zero-order chi connectivity index (χ0) is 27.9. The van der Waals surface area contributed by atoms with Crippen molar-refractivity contribution in [2.45, 2.75) is 0 Å². The average Bonchev–Trinajstić information content (AvgIpc) is 3.08. The summed E-state index contributed by atoms with van der Waals surface area (Å²) in [7, 11) is 0. The van der Waals surface area contributed by atoms with Crippen LogP contribution in [0.4, 0.5) is 0 Å². The minimum atomic E-state index is 0.969. The number of fused-ring (bicyclic) bond motifs is 4. The third kappa shape index (κ3) is 4.22. The van der Waals surface area contributed by atoms with Crippen molar-refractivity contribution in [1.29, 1.82) is 0 Å². The van der Waals surface area contributed by atoms with Crippen LogP contribution in [0.25, 0.3) is 77.3 Å². The molecule has 0 unspecified atom stereocenters. The quantitative estimate of drug-likeness (QED) is 0.210. The van der Waals surface area contributed by atoms with Crippen molar-refractivity contribution in [1.82, 2.24) is 9.97 Å². The van der Waals surface area contributed by atoms with E-state index in [1.165, 1.54) is 22.1 Å². The van der Waals surface area contributed by atoms with Crippen LogP contribution in [-0.4, -0.2) is 9.97 Å². The molecule has 0 aliphatic heterocycles. The fourth-order valence-electron chi connectivity index (χ4n) is 5.95. The first-order valence-corrected chi connectivity index (χ1v) is 14.3. The highest BCUT2D eigenvalue weighted by Gasteiger charge is 2.16. The monoisotopic (exact) mass is 534 g/mol. The predicted octanol–water partition coefficient (Wildman–Crippen LogP) is 10.6. The van der Waals surface area contributed by atoms with E-state index in [-0.39, 0.29) is 0 Å². The number of rotatable bonds is 4. The number of benzene rings is 6. The van der Waals surface area contributed by atoms with Gasteiger partial charge in [0.1, 0.15) is 0 Å². The van der Waals surface area contributed by atoms with Crippen LogP contribution in [0.2, 0.25) is 0 Å². The molecule has 0 fully saturated rings. The number of hydrogen-bond donors (Lipinski definition) is 0. The van der Waals surface area contributed by atoms with Gasteiger partial charge in [-0.25, -0.2) is 9.97 Å². The lowest BCUT2D eigenvalue weighted by Crippen LogP contribution is -1.93. The standard InChI is InChI=1S/C40H26N2/c1-3-11-27(12-4-1)34-25-36-35(28-19-21-31(22-20-28)38-24-23-30-15-7-10-18-37(30)41-38)26-39(29-13-5-2-6-14-29)42-40(36)33-17-9-8-16-32(33)34/h1-26H. The predicted molar refractivity (Wildman–Crippen MR) is 176 cm³/mol. The second kappa shape index (κ2) is 10.1. The molecule has 0 atom stereocenters. The van der Waals surface area contributed by atoms with Crippen molar-refractivity contribution in [3.63, 3.8) is 0 Å². The second-order valence-electron chi connectivity index (χ2n) is 10.6. The summed E-state index contributed by atoms with van der Waals surface area (Å²) < 4.78 is 0. The SMILES string of the molecule is c1ccc(-c2cc(-c3ccc(-c4ccc5ccccc5n4)cc3)c3cc(-c4ccccc4)c4ccccc4c3n2)cc1. The maximum atomic E-state index is 5.28. The summed E-state index contributed by atoms with van der Waals surface area (Å²) in [6.07, 6.45) is 0. The van der Waals surface area contributed by atoms with E-state index in [0.29, 0.717) is 0 Å². The Morgan fingerprint density at radius 1 is 0.333 bits per heavy atom. The van der Waals surface area contributed by atoms with Gasteiger partial charge in [-0.05, 0) is 51.9 Å². The highest BCUT2D eigenvalue weighted by molar-refractivity contribution is 6.16. The normalized spacial score (nSPS) is 11.3. The smallest absolute Gasteiger partial charge is 0.0794 e. The lowest BCUT2D eigenvalue weighted by atomic mass is 9.90. The molecule has 0 N–H and O–H groups in total. The number of pyridine rings is 2. The molecular formula is C40H26N2. The Hall–Kier alpha value is -5.60. The van der Waals surface area contributed by atoms with Crippen molar-refractivity contribution in [3.05, 3.63) is 158 Å². The Balaban J connectivity index is 1.36. The van der Waals surface area contributed by atoms with Gasteiger partial charge in [-0.15, -0.1) is 0 Å². The lowest BCUT2D eigenvalue weighted by Gasteiger charge is -2.16. The van der Waals surface area contributed by atoms with Crippen molar-refractivity contribution < 1.29 is 0 Å². The zero-order valence-corrected chi connectivity index (χ0v) is 22.9. The first-order valence-electron chi connectivity index (χ1n) is 14.3. The number of nitrogens with zero attached hydrogens (tertiary/aromatic N) is 2. The summed E-state index contributed by atoms with van der Waals surface area (Å²) in [6.45, 7) is 0. The van der Waals surface area contributed by atoms with Crippen LogP contribution < -0.4 is 0 Å². The minimum Gasteiger partial charge on any atom is -0.248 e. The fraction of sp³-hybridized carbons (Fsp3) is 0. The molecule has 42 heavy (non-hydrogen) atoms. The maximum absolute atomic E-state index is 5.28. The van der Waals surface area contributed by atoms with Crippen LogP contribution in [0.3, 0.4) is 0 Å². The first-order chi connectivity index (χ1) is 20.8. The molecular weight excluding hydrogens is 508 g/mol.